The minimum atomic E-state index is 0.935. The summed E-state index contributed by atoms with van der Waals surface area (Å²) in [6.07, 6.45) is 1.35. The molecule has 0 aromatic rings. The van der Waals surface area contributed by atoms with E-state index in [1.165, 1.54) is 24.0 Å². The average Bonchev–Trinajstić information content (AvgIpc) is 2.62. The molecule has 0 aromatic carbocycles. The van der Waals surface area contributed by atoms with Crippen LogP contribution in [0.15, 0.2) is 0 Å². The molecule has 1 fully saturated rings. The van der Waals surface area contributed by atoms with Crippen molar-refractivity contribution in [3.8, 4) is 0 Å². The Morgan fingerprint density at radius 2 is 2.10 bits per heavy atom. The maximum atomic E-state index is 2.38. The van der Waals surface area contributed by atoms with Gasteiger partial charge in [-0.25, -0.2) is 0 Å². The maximum Gasteiger partial charge on any atom is 0.141 e. The van der Waals surface area contributed by atoms with E-state index < -0.39 is 0 Å². The molecule has 0 saturated carbocycles. The lowest BCUT2D eigenvalue weighted by Crippen LogP contribution is -2.25. The molecule has 1 nitrogen and oxygen atoms in total. The third-order valence-electron chi connectivity index (χ3n) is 3.29. The van der Waals surface area contributed by atoms with Gasteiger partial charge in [-0.05, 0) is 13.3 Å². The van der Waals surface area contributed by atoms with E-state index in [-0.39, 0.29) is 0 Å². The van der Waals surface area contributed by atoms with E-state index in [1.54, 1.807) is 0 Å². The minimum Gasteiger partial charge on any atom is -0.314 e. The van der Waals surface area contributed by atoms with Crippen LogP contribution in [0.3, 0.4) is 0 Å². The zero-order chi connectivity index (χ0) is 7.78. The van der Waals surface area contributed by atoms with E-state index in [1.807, 2.05) is 0 Å². The van der Waals surface area contributed by atoms with Crippen molar-refractivity contribution in [1.29, 1.82) is 0 Å². The smallest absolute Gasteiger partial charge is 0.141 e. The highest BCUT2D eigenvalue weighted by atomic mass is 15.5. The summed E-state index contributed by atoms with van der Waals surface area (Å²) in [4.78, 5) is 0. The largest absolute Gasteiger partial charge is 0.314 e. The van der Waals surface area contributed by atoms with Crippen LogP contribution < -0.4 is 0 Å². The zero-order valence-corrected chi connectivity index (χ0v) is 7.72. The van der Waals surface area contributed by atoms with Gasteiger partial charge in [0.2, 0.25) is 0 Å². The van der Waals surface area contributed by atoms with Crippen LogP contribution in [0.5, 0.6) is 0 Å². The second-order valence-corrected chi connectivity index (χ2v) is 3.93. The normalized spacial score (nSPS) is 41.4. The number of hydrogen-bond donors (Lipinski definition) is 0. The van der Waals surface area contributed by atoms with Crippen LogP contribution in [0, 0.1) is 5.92 Å². The molecule has 60 valence electrons. The summed E-state index contributed by atoms with van der Waals surface area (Å²) in [5.74, 6) is 0.935. The van der Waals surface area contributed by atoms with Crippen molar-refractivity contribution >= 4 is 0 Å². The highest BCUT2D eigenvalue weighted by Crippen LogP contribution is 2.34. The highest BCUT2D eigenvalue weighted by molar-refractivity contribution is 4.77. The molecular weight excluding hydrogens is 122 g/mol. The van der Waals surface area contributed by atoms with E-state index in [0.717, 1.165) is 12.0 Å². The van der Waals surface area contributed by atoms with Crippen LogP contribution in [-0.2, 0) is 0 Å². The van der Waals surface area contributed by atoms with Crippen molar-refractivity contribution in [3.05, 3.63) is 0 Å². The third-order valence-corrected chi connectivity index (χ3v) is 3.29. The fourth-order valence-corrected chi connectivity index (χ4v) is 1.81. The summed E-state index contributed by atoms with van der Waals surface area (Å²) in [6, 6.07) is 0.981. The number of quaternary nitrogens is 1. The lowest BCUT2D eigenvalue weighted by molar-refractivity contribution is -0.792. The fourth-order valence-electron chi connectivity index (χ4n) is 1.81. The van der Waals surface area contributed by atoms with Gasteiger partial charge in [0.05, 0.1) is 13.6 Å². The molecule has 0 spiro atoms. The quantitative estimate of drug-likeness (QED) is 0.417. The Morgan fingerprint density at radius 3 is 2.40 bits per heavy atom. The van der Waals surface area contributed by atoms with Crippen molar-refractivity contribution in [2.24, 2.45) is 5.92 Å². The molecule has 3 unspecified atom stereocenters. The van der Waals surface area contributed by atoms with Crippen LogP contribution in [0.2, 0.25) is 0 Å². The first-order chi connectivity index (χ1) is 4.64. The number of rotatable bonds is 3. The van der Waals surface area contributed by atoms with Gasteiger partial charge in [0.25, 0.3) is 0 Å². The Morgan fingerprint density at radius 1 is 1.50 bits per heavy atom. The van der Waals surface area contributed by atoms with E-state index in [9.17, 15) is 0 Å². The maximum absolute atomic E-state index is 2.38. The van der Waals surface area contributed by atoms with Crippen molar-refractivity contribution in [2.75, 3.05) is 20.1 Å². The monoisotopic (exact) mass is 142 g/mol. The Bertz CT molecular complexity index is 122. The lowest BCUT2D eigenvalue weighted by atomic mass is 10.1. The lowest BCUT2D eigenvalue weighted by Gasteiger charge is -2.14. The van der Waals surface area contributed by atoms with Crippen LogP contribution in [0.1, 0.15) is 27.2 Å². The average molecular weight is 142 g/mol. The molecule has 1 aliphatic heterocycles. The Labute approximate surface area is 64.6 Å². The van der Waals surface area contributed by atoms with Gasteiger partial charge in [-0.3, -0.25) is 0 Å². The molecule has 1 saturated heterocycles. The second-order valence-electron chi connectivity index (χ2n) is 3.93. The molecule has 1 rings (SSSR count). The summed E-state index contributed by atoms with van der Waals surface area (Å²) >= 11 is 0. The van der Waals surface area contributed by atoms with Gasteiger partial charge in [-0.2, -0.15) is 0 Å². The Hall–Kier alpha value is -0.0400. The second kappa shape index (κ2) is 2.54. The van der Waals surface area contributed by atoms with Crippen LogP contribution in [0.25, 0.3) is 0 Å². The van der Waals surface area contributed by atoms with Crippen LogP contribution in [0.4, 0.5) is 0 Å². The minimum absolute atomic E-state index is 0.935. The molecule has 0 bridgehead atoms. The van der Waals surface area contributed by atoms with Gasteiger partial charge in [0.1, 0.15) is 12.6 Å². The molecular formula is C9H20N+. The van der Waals surface area contributed by atoms with Gasteiger partial charge in [0.15, 0.2) is 0 Å². The first kappa shape index (κ1) is 8.06. The highest BCUT2D eigenvalue weighted by Gasteiger charge is 2.51. The first-order valence-electron chi connectivity index (χ1n) is 4.48. The summed E-state index contributed by atoms with van der Waals surface area (Å²) in [6.45, 7) is 9.70. The predicted octanol–water partition coefficient (Wildman–Crippen LogP) is 1.88. The SMILES string of the molecule is CCC(C)C1C[N+]1(C)CC. The van der Waals surface area contributed by atoms with E-state index in [4.69, 9.17) is 0 Å². The number of likely N-dealkylation sites (N-methyl/N-ethyl adjacent to an activating group) is 1. The van der Waals surface area contributed by atoms with Gasteiger partial charge in [-0.15, -0.1) is 0 Å². The summed E-state index contributed by atoms with van der Waals surface area (Å²) in [5.41, 5.74) is 0. The predicted molar refractivity (Wildman–Crippen MR) is 44.8 cm³/mol. The molecule has 1 heterocycles. The van der Waals surface area contributed by atoms with E-state index in [2.05, 4.69) is 27.8 Å². The van der Waals surface area contributed by atoms with Crippen molar-refractivity contribution in [2.45, 2.75) is 33.2 Å². The molecule has 1 aliphatic rings. The summed E-state index contributed by atoms with van der Waals surface area (Å²) in [7, 11) is 2.37. The number of nitrogens with zero attached hydrogens (tertiary/aromatic N) is 1. The van der Waals surface area contributed by atoms with Gasteiger partial charge < -0.3 is 4.48 Å². The Balaban J connectivity index is 2.36. The van der Waals surface area contributed by atoms with Crippen LogP contribution in [-0.4, -0.2) is 30.7 Å². The molecule has 3 atom stereocenters. The van der Waals surface area contributed by atoms with Crippen molar-refractivity contribution in [1.82, 2.24) is 0 Å². The molecule has 1 heteroatoms. The first-order valence-corrected chi connectivity index (χ1v) is 4.48. The molecule has 0 N–H and O–H groups in total. The van der Waals surface area contributed by atoms with Gasteiger partial charge in [-0.1, -0.05) is 13.8 Å². The molecule has 0 radical (unpaired) electrons. The molecule has 0 amide bonds. The van der Waals surface area contributed by atoms with E-state index in [0.29, 0.717) is 0 Å². The van der Waals surface area contributed by atoms with E-state index >= 15 is 0 Å². The van der Waals surface area contributed by atoms with Crippen LogP contribution >= 0.6 is 0 Å². The van der Waals surface area contributed by atoms with Crippen molar-refractivity contribution in [3.63, 3.8) is 0 Å². The Kier molecular flexibility index (Phi) is 2.04. The standard InChI is InChI=1S/C9H20N/c1-5-8(3)9-7-10(9,4)6-2/h8-9H,5-7H2,1-4H3/q+1. The third kappa shape index (κ3) is 1.20. The zero-order valence-electron chi connectivity index (χ0n) is 7.72. The van der Waals surface area contributed by atoms with Crippen molar-refractivity contribution < 1.29 is 4.48 Å². The van der Waals surface area contributed by atoms with Gasteiger partial charge in [0, 0.05) is 5.92 Å². The number of hydrogen-bond acceptors (Lipinski definition) is 0. The topological polar surface area (TPSA) is 0 Å². The summed E-state index contributed by atoms with van der Waals surface area (Å²) in [5, 5.41) is 0. The summed E-state index contributed by atoms with van der Waals surface area (Å²) < 4.78 is 1.33. The molecule has 0 aliphatic carbocycles. The fraction of sp³-hybridized carbons (Fsp3) is 1.00. The van der Waals surface area contributed by atoms with Gasteiger partial charge >= 0.3 is 0 Å². The molecule has 0 aromatic heterocycles. The molecule has 10 heavy (non-hydrogen) atoms.